The molecule has 0 fully saturated rings. The molecule has 0 amide bonds. The molecule has 5 heteroatoms. The fourth-order valence-electron chi connectivity index (χ4n) is 1.31. The van der Waals surface area contributed by atoms with E-state index in [2.05, 4.69) is 43.8 Å². The SMILES string of the molecule is C=C(Cl)CNCc1cc(Br)cc(Br)c1OC. The number of methoxy groups -OCH3 is 1. The van der Waals surface area contributed by atoms with E-state index in [0.29, 0.717) is 18.1 Å². The average Bonchev–Trinajstić information content (AvgIpc) is 2.16. The minimum atomic E-state index is 0.578. The van der Waals surface area contributed by atoms with Crippen molar-refractivity contribution in [2.45, 2.75) is 6.54 Å². The number of hydrogen-bond donors (Lipinski definition) is 1. The van der Waals surface area contributed by atoms with Crippen molar-refractivity contribution < 1.29 is 4.74 Å². The highest BCUT2D eigenvalue weighted by Crippen LogP contribution is 2.32. The monoisotopic (exact) mass is 367 g/mol. The Balaban J connectivity index is 2.81. The van der Waals surface area contributed by atoms with Gasteiger partial charge in [-0.25, -0.2) is 0 Å². The standard InChI is InChI=1S/C11H12Br2ClNO/c1-7(14)5-15-6-8-3-9(12)4-10(13)11(8)16-2/h3-4,15H,1,5-6H2,2H3. The zero-order chi connectivity index (χ0) is 12.1. The lowest BCUT2D eigenvalue weighted by Crippen LogP contribution is -2.15. The van der Waals surface area contributed by atoms with Gasteiger partial charge in [0.1, 0.15) is 5.75 Å². The molecule has 0 heterocycles. The van der Waals surface area contributed by atoms with Gasteiger partial charge in [-0.1, -0.05) is 34.1 Å². The molecule has 0 aliphatic rings. The zero-order valence-electron chi connectivity index (χ0n) is 8.82. The molecule has 1 rings (SSSR count). The molecule has 0 aromatic heterocycles. The second-order valence-electron chi connectivity index (χ2n) is 3.20. The van der Waals surface area contributed by atoms with E-state index in [1.165, 1.54) is 0 Å². The molecule has 0 atom stereocenters. The van der Waals surface area contributed by atoms with Crippen LogP contribution < -0.4 is 10.1 Å². The van der Waals surface area contributed by atoms with Gasteiger partial charge in [-0.3, -0.25) is 0 Å². The van der Waals surface area contributed by atoms with Crippen molar-refractivity contribution in [3.05, 3.63) is 38.3 Å². The van der Waals surface area contributed by atoms with Crippen molar-refractivity contribution in [1.29, 1.82) is 0 Å². The summed E-state index contributed by atoms with van der Waals surface area (Å²) < 4.78 is 7.25. The average molecular weight is 369 g/mol. The number of benzene rings is 1. The van der Waals surface area contributed by atoms with Crippen LogP contribution in [0.5, 0.6) is 5.75 Å². The maximum Gasteiger partial charge on any atom is 0.137 e. The summed E-state index contributed by atoms with van der Waals surface area (Å²) in [6.45, 7) is 4.87. The summed E-state index contributed by atoms with van der Waals surface area (Å²) in [5.41, 5.74) is 1.06. The molecule has 2 nitrogen and oxygen atoms in total. The fraction of sp³-hybridized carbons (Fsp3) is 0.273. The van der Waals surface area contributed by atoms with E-state index >= 15 is 0 Å². The lowest BCUT2D eigenvalue weighted by molar-refractivity contribution is 0.405. The first-order valence-electron chi connectivity index (χ1n) is 4.60. The molecule has 0 saturated carbocycles. The smallest absolute Gasteiger partial charge is 0.137 e. The Morgan fingerprint density at radius 1 is 1.50 bits per heavy atom. The zero-order valence-corrected chi connectivity index (χ0v) is 12.7. The van der Waals surface area contributed by atoms with Gasteiger partial charge in [-0.05, 0) is 28.1 Å². The molecule has 1 aromatic rings. The van der Waals surface area contributed by atoms with Crippen LogP contribution in [0.4, 0.5) is 0 Å². The third kappa shape index (κ3) is 4.09. The summed E-state index contributed by atoms with van der Waals surface area (Å²) in [5, 5.41) is 3.77. The van der Waals surface area contributed by atoms with Crippen LogP contribution in [0, 0.1) is 0 Å². The van der Waals surface area contributed by atoms with Crippen molar-refractivity contribution in [3.8, 4) is 5.75 Å². The Bertz CT molecular complexity index is 396. The highest BCUT2D eigenvalue weighted by molar-refractivity contribution is 9.11. The quantitative estimate of drug-likeness (QED) is 0.845. The van der Waals surface area contributed by atoms with Crippen LogP contribution in [0.3, 0.4) is 0 Å². The van der Waals surface area contributed by atoms with Crippen molar-refractivity contribution in [1.82, 2.24) is 5.32 Å². The molecule has 16 heavy (non-hydrogen) atoms. The van der Waals surface area contributed by atoms with Gasteiger partial charge in [0.25, 0.3) is 0 Å². The van der Waals surface area contributed by atoms with Gasteiger partial charge in [0.15, 0.2) is 0 Å². The Hall–Kier alpha value is -0.0300. The normalized spacial score (nSPS) is 10.2. The van der Waals surface area contributed by atoms with Gasteiger partial charge >= 0.3 is 0 Å². The Morgan fingerprint density at radius 2 is 2.19 bits per heavy atom. The fourth-order valence-corrected chi connectivity index (χ4v) is 2.88. The second kappa shape index (κ2) is 6.64. The molecule has 0 unspecified atom stereocenters. The summed E-state index contributed by atoms with van der Waals surface area (Å²) in [5.74, 6) is 0.830. The molecule has 0 spiro atoms. The topological polar surface area (TPSA) is 21.3 Å². The van der Waals surface area contributed by atoms with E-state index in [9.17, 15) is 0 Å². The van der Waals surface area contributed by atoms with E-state index in [-0.39, 0.29) is 0 Å². The molecule has 0 aliphatic carbocycles. The maximum atomic E-state index is 5.67. The number of halogens is 3. The first-order valence-corrected chi connectivity index (χ1v) is 6.57. The molecule has 1 aromatic carbocycles. The predicted molar refractivity (Wildman–Crippen MR) is 75.1 cm³/mol. The Kier molecular flexibility index (Phi) is 5.83. The van der Waals surface area contributed by atoms with E-state index in [4.69, 9.17) is 16.3 Å². The van der Waals surface area contributed by atoms with Crippen molar-refractivity contribution >= 4 is 43.5 Å². The van der Waals surface area contributed by atoms with Crippen molar-refractivity contribution in [2.75, 3.05) is 13.7 Å². The minimum Gasteiger partial charge on any atom is -0.495 e. The molecular formula is C11H12Br2ClNO. The summed E-state index contributed by atoms with van der Waals surface area (Å²) in [6.07, 6.45) is 0. The summed E-state index contributed by atoms with van der Waals surface area (Å²) in [6, 6.07) is 3.95. The first kappa shape index (κ1) is 14.0. The van der Waals surface area contributed by atoms with E-state index in [1.807, 2.05) is 12.1 Å². The van der Waals surface area contributed by atoms with Crippen LogP contribution in [-0.4, -0.2) is 13.7 Å². The molecule has 0 aliphatic heterocycles. The van der Waals surface area contributed by atoms with E-state index in [0.717, 1.165) is 20.3 Å². The van der Waals surface area contributed by atoms with Gasteiger partial charge in [0.05, 0.1) is 11.6 Å². The number of rotatable bonds is 5. The molecule has 0 saturated heterocycles. The number of hydrogen-bond acceptors (Lipinski definition) is 2. The van der Waals surface area contributed by atoms with E-state index < -0.39 is 0 Å². The van der Waals surface area contributed by atoms with Gasteiger partial charge in [0.2, 0.25) is 0 Å². The maximum absolute atomic E-state index is 5.67. The predicted octanol–water partition coefficient (Wildman–Crippen LogP) is 4.06. The Labute approximate surface area is 117 Å². The first-order chi connectivity index (χ1) is 7.54. The summed E-state index contributed by atoms with van der Waals surface area (Å²) in [7, 11) is 1.65. The van der Waals surface area contributed by atoms with Crippen LogP contribution in [0.1, 0.15) is 5.56 Å². The molecule has 0 bridgehead atoms. The minimum absolute atomic E-state index is 0.578. The van der Waals surface area contributed by atoms with Crippen molar-refractivity contribution in [3.63, 3.8) is 0 Å². The summed E-state index contributed by atoms with van der Waals surface area (Å²) in [4.78, 5) is 0. The highest BCUT2D eigenvalue weighted by atomic mass is 79.9. The second-order valence-corrected chi connectivity index (χ2v) is 5.51. The van der Waals surface area contributed by atoms with Crippen LogP contribution in [0.2, 0.25) is 0 Å². The van der Waals surface area contributed by atoms with Gasteiger partial charge < -0.3 is 10.1 Å². The van der Waals surface area contributed by atoms with Crippen LogP contribution >= 0.6 is 43.5 Å². The third-order valence-electron chi connectivity index (χ3n) is 1.92. The molecule has 1 N–H and O–H groups in total. The summed E-state index contributed by atoms with van der Waals surface area (Å²) >= 11 is 12.6. The van der Waals surface area contributed by atoms with Gasteiger partial charge in [-0.15, -0.1) is 0 Å². The third-order valence-corrected chi connectivity index (χ3v) is 3.10. The van der Waals surface area contributed by atoms with Crippen LogP contribution in [0.15, 0.2) is 32.7 Å². The van der Waals surface area contributed by atoms with Gasteiger partial charge in [-0.2, -0.15) is 0 Å². The number of nitrogens with one attached hydrogen (secondary N) is 1. The lowest BCUT2D eigenvalue weighted by Gasteiger charge is -2.12. The lowest BCUT2D eigenvalue weighted by atomic mass is 10.2. The molecule has 88 valence electrons. The molecule has 0 radical (unpaired) electrons. The van der Waals surface area contributed by atoms with Crippen LogP contribution in [-0.2, 0) is 6.54 Å². The van der Waals surface area contributed by atoms with Crippen molar-refractivity contribution in [2.24, 2.45) is 0 Å². The highest BCUT2D eigenvalue weighted by Gasteiger charge is 2.08. The number of ether oxygens (including phenoxy) is 1. The molecular weight excluding hydrogens is 357 g/mol. The van der Waals surface area contributed by atoms with Gasteiger partial charge in [0, 0.05) is 28.2 Å². The Morgan fingerprint density at radius 3 is 2.75 bits per heavy atom. The van der Waals surface area contributed by atoms with Crippen LogP contribution in [0.25, 0.3) is 0 Å². The largest absolute Gasteiger partial charge is 0.495 e. The van der Waals surface area contributed by atoms with E-state index in [1.54, 1.807) is 7.11 Å².